The Morgan fingerprint density at radius 2 is 0.370 bits per heavy atom. The molecule has 0 aliphatic carbocycles. The van der Waals surface area contributed by atoms with E-state index in [1.165, 1.54) is 308 Å². The van der Waals surface area contributed by atoms with Crippen molar-refractivity contribution in [2.24, 2.45) is 0 Å². The number of ether oxygens (including phenoxy) is 6. The second-order valence-electron chi connectivity index (χ2n) is 29.9. The third-order valence-corrected chi connectivity index (χ3v) is 20.2. The summed E-state index contributed by atoms with van der Waals surface area (Å²) >= 11 is 0. The first-order valence-electron chi connectivity index (χ1n) is 43.6. The molecule has 0 saturated carbocycles. The van der Waals surface area contributed by atoms with Crippen LogP contribution in [0.2, 0.25) is 0 Å². The Morgan fingerprint density at radius 1 is 0.220 bits per heavy atom. The Balaban J connectivity index is 2.03. The summed E-state index contributed by atoms with van der Waals surface area (Å²) in [6, 6.07) is 7.85. The fraction of sp³-hybridized carbons (Fsp3) is 0.800. The van der Waals surface area contributed by atoms with E-state index in [1.807, 2.05) is 24.3 Å². The van der Waals surface area contributed by atoms with Gasteiger partial charge in [0, 0.05) is 0 Å². The Hall–Kier alpha value is -4.34. The molecular formula is C90H158N2O8. The van der Waals surface area contributed by atoms with E-state index in [4.69, 9.17) is 28.4 Å². The maximum Gasteiger partial charge on any atom is 0.272 e. The van der Waals surface area contributed by atoms with Gasteiger partial charge in [0.15, 0.2) is 23.0 Å². The Morgan fingerprint density at radius 3 is 0.540 bits per heavy atom. The van der Waals surface area contributed by atoms with Gasteiger partial charge >= 0.3 is 0 Å². The van der Waals surface area contributed by atoms with E-state index in [-0.39, 0.29) is 10.7 Å². The largest absolute Gasteiger partial charge is 0.490 e. The fourth-order valence-corrected chi connectivity index (χ4v) is 13.7. The molecule has 0 aliphatic rings. The lowest BCUT2D eigenvalue weighted by molar-refractivity contribution is 0.234. The van der Waals surface area contributed by atoms with Crippen LogP contribution in [-0.4, -0.2) is 49.6 Å². The molecule has 0 unspecified atom stereocenters. The number of rotatable bonds is 74. The molecule has 0 aliphatic heterocycles. The summed E-state index contributed by atoms with van der Waals surface area (Å²) in [5.41, 5.74) is 0.586. The Labute approximate surface area is 615 Å². The molecule has 10 nitrogen and oxygen atoms in total. The summed E-state index contributed by atoms with van der Waals surface area (Å²) in [6.45, 7) is 17.0. The van der Waals surface area contributed by atoms with Gasteiger partial charge in [-0.15, -0.1) is 0 Å². The Bertz CT molecular complexity index is 2300. The number of hydrogen-bond donors (Lipinski definition) is 2. The van der Waals surface area contributed by atoms with Crippen LogP contribution in [0.15, 0.2) is 33.9 Å². The van der Waals surface area contributed by atoms with Crippen molar-refractivity contribution in [1.29, 1.82) is 0 Å². The van der Waals surface area contributed by atoms with Crippen LogP contribution in [-0.2, 0) is 0 Å². The first kappa shape index (κ1) is 89.9. The zero-order valence-corrected chi connectivity index (χ0v) is 66.4. The van der Waals surface area contributed by atoms with Gasteiger partial charge in [0.1, 0.15) is 10.7 Å². The third-order valence-electron chi connectivity index (χ3n) is 20.2. The van der Waals surface area contributed by atoms with Gasteiger partial charge in [-0.05, 0) is 86.1 Å². The average molecular weight is 1400 g/mol. The molecule has 0 atom stereocenters. The van der Waals surface area contributed by atoms with Crippen LogP contribution in [0, 0.1) is 0 Å². The van der Waals surface area contributed by atoms with E-state index in [0.29, 0.717) is 85.3 Å². The first-order valence-corrected chi connectivity index (χ1v) is 43.6. The van der Waals surface area contributed by atoms with Gasteiger partial charge in [-0.3, -0.25) is 9.59 Å². The van der Waals surface area contributed by atoms with Crippen LogP contribution < -0.4 is 50.2 Å². The number of benzene rings is 2. The van der Waals surface area contributed by atoms with Gasteiger partial charge in [-0.2, -0.15) is 0 Å². The molecule has 2 aromatic carbocycles. The van der Waals surface area contributed by atoms with Gasteiger partial charge < -0.3 is 38.4 Å². The molecular weight excluding hydrogens is 1240 g/mol. The molecule has 0 radical (unpaired) electrons. The van der Waals surface area contributed by atoms with Crippen molar-refractivity contribution >= 4 is 12.2 Å². The van der Waals surface area contributed by atoms with Gasteiger partial charge in [-0.1, -0.05) is 388 Å². The van der Waals surface area contributed by atoms with Gasteiger partial charge in [0.05, 0.1) is 39.6 Å². The highest BCUT2D eigenvalue weighted by Crippen LogP contribution is 2.41. The van der Waals surface area contributed by atoms with Crippen LogP contribution in [0.25, 0.3) is 12.2 Å². The second kappa shape index (κ2) is 66.6. The van der Waals surface area contributed by atoms with E-state index < -0.39 is 11.1 Å². The summed E-state index contributed by atoms with van der Waals surface area (Å²) in [7, 11) is 0. The molecule has 0 saturated heterocycles. The number of aromatic amines is 2. The topological polar surface area (TPSA) is 121 Å². The minimum Gasteiger partial charge on any atom is -0.490 e. The molecule has 10 heteroatoms. The molecule has 576 valence electrons. The van der Waals surface area contributed by atoms with Gasteiger partial charge in [-0.25, -0.2) is 0 Å². The second-order valence-corrected chi connectivity index (χ2v) is 29.9. The van der Waals surface area contributed by atoms with Crippen molar-refractivity contribution in [2.45, 2.75) is 427 Å². The van der Waals surface area contributed by atoms with Crippen LogP contribution in [0.1, 0.15) is 438 Å². The summed E-state index contributed by atoms with van der Waals surface area (Å²) in [6.07, 6.45) is 78.3. The number of aromatic nitrogens is 2. The maximum atomic E-state index is 14.4. The van der Waals surface area contributed by atoms with Crippen LogP contribution in [0.3, 0.4) is 0 Å². The minimum absolute atomic E-state index is 0.152. The smallest absolute Gasteiger partial charge is 0.272 e. The maximum absolute atomic E-state index is 14.4. The predicted molar refractivity (Wildman–Crippen MR) is 431 cm³/mol. The monoisotopic (exact) mass is 1400 g/mol. The van der Waals surface area contributed by atoms with E-state index >= 15 is 0 Å². The molecule has 0 amide bonds. The van der Waals surface area contributed by atoms with Crippen molar-refractivity contribution in [3.8, 4) is 34.5 Å². The minimum atomic E-state index is -0.404. The van der Waals surface area contributed by atoms with E-state index in [0.717, 1.165) is 77.0 Å². The standard InChI is InChI=1S/C90H158N2O8/c1-7-13-19-25-31-37-43-49-55-61-67-95-83-75-79(76-84(96-68-62-56-50-44-38-32-26-20-14-8-2)87(83)99-71-65-59-53-47-41-35-29-23-17-11-5)73-81-89(93)92-82(90(94)91-81)74-80-77-85(97-69-63-57-51-45-39-33-27-21-15-9-3)88(100-72-66-60-54-48-42-36-30-24-18-12-6)86(78-80)98-70-64-58-52-46-40-34-28-22-16-10-4/h73-78H,7-72H2,1-6H3,(H,91,94)(H,92,93)/b81-73-,82-74-. The lowest BCUT2D eigenvalue weighted by atomic mass is 10.1. The predicted octanol–water partition coefficient (Wildman–Crippen LogP) is 26.5. The van der Waals surface area contributed by atoms with Crippen molar-refractivity contribution in [3.05, 3.63) is 66.8 Å². The van der Waals surface area contributed by atoms with E-state index in [9.17, 15) is 9.59 Å². The first-order chi connectivity index (χ1) is 49.4. The molecule has 100 heavy (non-hydrogen) atoms. The van der Waals surface area contributed by atoms with Crippen molar-refractivity contribution in [2.75, 3.05) is 39.6 Å². The van der Waals surface area contributed by atoms with Crippen LogP contribution in [0.5, 0.6) is 34.5 Å². The van der Waals surface area contributed by atoms with Crippen LogP contribution in [0.4, 0.5) is 0 Å². The number of unbranched alkanes of at least 4 members (excludes halogenated alkanes) is 54. The highest BCUT2D eigenvalue weighted by atomic mass is 16.5. The number of H-pyrrole nitrogens is 2. The molecule has 2 N–H and O–H groups in total. The number of nitrogens with one attached hydrogen (secondary N) is 2. The normalized spacial score (nSPS) is 11.9. The lowest BCUT2D eigenvalue weighted by Gasteiger charge is -2.18. The molecule has 3 rings (SSSR count). The molecule has 0 spiro atoms. The van der Waals surface area contributed by atoms with E-state index in [1.54, 1.807) is 12.2 Å². The third kappa shape index (κ3) is 47.8. The highest BCUT2D eigenvalue weighted by molar-refractivity contribution is 5.63. The van der Waals surface area contributed by atoms with Crippen molar-refractivity contribution in [3.63, 3.8) is 0 Å². The molecule has 1 aromatic heterocycles. The summed E-state index contributed by atoms with van der Waals surface area (Å²) < 4.78 is 40.4. The Kier molecular flexibility index (Phi) is 59.9. The highest BCUT2D eigenvalue weighted by Gasteiger charge is 2.19. The molecule has 3 aromatic rings. The molecule has 0 fully saturated rings. The summed E-state index contributed by atoms with van der Waals surface area (Å²) in [4.78, 5) is 34.8. The molecule has 1 heterocycles. The van der Waals surface area contributed by atoms with Crippen LogP contribution >= 0.6 is 0 Å². The summed E-state index contributed by atoms with van der Waals surface area (Å²) in [5.74, 6) is 3.74. The fourth-order valence-electron chi connectivity index (χ4n) is 13.7. The van der Waals surface area contributed by atoms with Crippen molar-refractivity contribution in [1.82, 2.24) is 9.97 Å². The zero-order chi connectivity index (χ0) is 71.5. The zero-order valence-electron chi connectivity index (χ0n) is 66.4. The number of hydrogen-bond acceptors (Lipinski definition) is 8. The summed E-state index contributed by atoms with van der Waals surface area (Å²) in [5, 5.41) is 0.304. The SMILES string of the molecule is CCCCCCCCCCCCOc1cc(/C=c2\[nH]c(=O)/c(=C/c3cc(OCCCCCCCCCCCC)c(OCCCCCCCCCCCC)c(OCCCCCCCCCCCC)c3)[nH]c2=O)cc(OCCCCCCCCCCCC)c1OCCCCCCCCCCCC. The van der Waals surface area contributed by atoms with Crippen molar-refractivity contribution < 1.29 is 28.4 Å². The van der Waals surface area contributed by atoms with Gasteiger partial charge in [0.25, 0.3) is 11.1 Å². The quantitative estimate of drug-likeness (QED) is 0.0536. The van der Waals surface area contributed by atoms with E-state index in [2.05, 4.69) is 51.5 Å². The molecule has 0 bridgehead atoms. The van der Waals surface area contributed by atoms with Gasteiger partial charge in [0.2, 0.25) is 11.5 Å². The average Bonchev–Trinajstić information content (AvgIpc) is 0.810. The lowest BCUT2D eigenvalue weighted by Crippen LogP contribution is -2.46.